The predicted molar refractivity (Wildman–Crippen MR) is 101 cm³/mol. The zero-order chi connectivity index (χ0) is 18.0. The molecule has 3 nitrogen and oxygen atoms in total. The summed E-state index contributed by atoms with van der Waals surface area (Å²) in [5.74, 6) is 0.718. The molecule has 0 aromatic heterocycles. The van der Waals surface area contributed by atoms with Gasteiger partial charge >= 0.3 is 0 Å². The van der Waals surface area contributed by atoms with Gasteiger partial charge in [0.15, 0.2) is 6.73 Å². The van der Waals surface area contributed by atoms with Crippen LogP contribution >= 0.6 is 0 Å². The van der Waals surface area contributed by atoms with E-state index in [-0.39, 0.29) is 12.6 Å². The van der Waals surface area contributed by atoms with Crippen LogP contribution in [0.15, 0.2) is 60.4 Å². The first-order valence-corrected chi connectivity index (χ1v) is 8.75. The van der Waals surface area contributed by atoms with Crippen molar-refractivity contribution in [1.82, 2.24) is 4.90 Å². The summed E-state index contributed by atoms with van der Waals surface area (Å²) in [6.07, 6.45) is 0.812. The van der Waals surface area contributed by atoms with Gasteiger partial charge in [-0.15, -0.1) is 0 Å². The van der Waals surface area contributed by atoms with E-state index in [1.165, 1.54) is 5.56 Å². The van der Waals surface area contributed by atoms with E-state index < -0.39 is 5.54 Å². The summed E-state index contributed by atoms with van der Waals surface area (Å²) in [5, 5.41) is 0. The maximum atomic E-state index is 13.4. The minimum atomic E-state index is -0.413. The van der Waals surface area contributed by atoms with Crippen LogP contribution in [0.5, 0.6) is 0 Å². The second-order valence-electron chi connectivity index (χ2n) is 6.80. The van der Waals surface area contributed by atoms with Crippen LogP contribution in [0.4, 0.5) is 0 Å². The van der Waals surface area contributed by atoms with Crippen molar-refractivity contribution in [2.24, 2.45) is 0 Å². The second kappa shape index (κ2) is 6.75. The number of hydrogen-bond acceptors (Lipinski definition) is 2. The number of ether oxygens (including phenoxy) is 1. The van der Waals surface area contributed by atoms with Crippen LogP contribution in [0.2, 0.25) is 0 Å². The number of benzene rings is 2. The highest BCUT2D eigenvalue weighted by Crippen LogP contribution is 2.37. The Hall–Kier alpha value is -2.55. The van der Waals surface area contributed by atoms with Gasteiger partial charge in [0.2, 0.25) is 0 Å². The first kappa shape index (κ1) is 17.3. The van der Waals surface area contributed by atoms with Crippen molar-refractivity contribution >= 4 is 11.5 Å². The maximum absolute atomic E-state index is 13.4. The van der Waals surface area contributed by atoms with Gasteiger partial charge in [-0.3, -0.25) is 9.69 Å². The van der Waals surface area contributed by atoms with Crippen LogP contribution in [0.3, 0.4) is 0 Å². The Bertz CT molecular complexity index is 810. The molecule has 0 bridgehead atoms. The Labute approximate surface area is 149 Å². The molecule has 0 fully saturated rings. The molecule has 3 rings (SSSR count). The van der Waals surface area contributed by atoms with Crippen molar-refractivity contribution in [3.63, 3.8) is 0 Å². The lowest BCUT2D eigenvalue weighted by Crippen LogP contribution is -2.50. The molecule has 1 aliphatic heterocycles. The first-order valence-electron chi connectivity index (χ1n) is 8.75. The number of amides is 1. The van der Waals surface area contributed by atoms with Crippen molar-refractivity contribution in [3.8, 4) is 0 Å². The first-order chi connectivity index (χ1) is 12.0. The third-order valence-corrected chi connectivity index (χ3v) is 5.21. The lowest BCUT2D eigenvalue weighted by atomic mass is 9.85. The Morgan fingerprint density at radius 2 is 1.80 bits per heavy atom. The summed E-state index contributed by atoms with van der Waals surface area (Å²) >= 11 is 0. The lowest BCUT2D eigenvalue weighted by Gasteiger charge is -2.43. The molecule has 0 saturated carbocycles. The van der Waals surface area contributed by atoms with Crippen molar-refractivity contribution in [1.29, 1.82) is 0 Å². The number of carbonyl (C=O) groups is 1. The van der Waals surface area contributed by atoms with Crippen molar-refractivity contribution in [2.45, 2.75) is 39.7 Å². The van der Waals surface area contributed by atoms with Crippen LogP contribution in [-0.2, 0) is 15.1 Å². The Morgan fingerprint density at radius 1 is 1.08 bits per heavy atom. The summed E-state index contributed by atoms with van der Waals surface area (Å²) in [7, 11) is 0. The molecule has 2 aromatic carbocycles. The number of carbonyl (C=O) groups excluding carboxylic acids is 1. The molecule has 0 N–H and O–H groups in total. The molecule has 1 aliphatic rings. The number of rotatable bonds is 4. The molecule has 1 amide bonds. The number of aryl methyl sites for hydroxylation is 1. The van der Waals surface area contributed by atoms with Crippen LogP contribution in [0.1, 0.15) is 43.9 Å². The van der Waals surface area contributed by atoms with Gasteiger partial charge in [-0.05, 0) is 38.3 Å². The largest absolute Gasteiger partial charge is 0.477 e. The molecule has 2 aromatic rings. The molecule has 0 aliphatic carbocycles. The monoisotopic (exact) mass is 335 g/mol. The number of allylic oxidation sites excluding steroid dienone is 1. The molecular weight excluding hydrogens is 310 g/mol. The molecule has 1 heterocycles. The van der Waals surface area contributed by atoms with Gasteiger partial charge in [0.25, 0.3) is 5.91 Å². The average molecular weight is 335 g/mol. The van der Waals surface area contributed by atoms with Crippen LogP contribution in [0.25, 0.3) is 5.57 Å². The SMILES string of the molecule is CCC(C)(c1cccc(C)c1)N1COC(C)=C(c2ccccc2)C1=O. The lowest BCUT2D eigenvalue weighted by molar-refractivity contribution is -0.140. The van der Waals surface area contributed by atoms with E-state index in [2.05, 4.69) is 39.0 Å². The Kier molecular flexibility index (Phi) is 4.67. The van der Waals surface area contributed by atoms with E-state index in [1.54, 1.807) is 0 Å². The molecule has 3 heteroatoms. The maximum Gasteiger partial charge on any atom is 0.261 e. The van der Waals surface area contributed by atoms with Crippen LogP contribution < -0.4 is 0 Å². The number of hydrogen-bond donors (Lipinski definition) is 0. The summed E-state index contributed by atoms with van der Waals surface area (Å²) in [6.45, 7) is 8.45. The van der Waals surface area contributed by atoms with E-state index in [0.29, 0.717) is 11.3 Å². The fourth-order valence-electron chi connectivity index (χ4n) is 3.41. The van der Waals surface area contributed by atoms with E-state index in [4.69, 9.17) is 4.74 Å². The third kappa shape index (κ3) is 3.07. The normalized spacial score (nSPS) is 17.3. The Balaban J connectivity index is 2.04. The Morgan fingerprint density at radius 3 is 2.44 bits per heavy atom. The van der Waals surface area contributed by atoms with Crippen LogP contribution in [-0.4, -0.2) is 17.5 Å². The number of nitrogens with zero attached hydrogens (tertiary/aromatic N) is 1. The topological polar surface area (TPSA) is 29.5 Å². The van der Waals surface area contributed by atoms with E-state index in [0.717, 1.165) is 17.5 Å². The molecule has 130 valence electrons. The smallest absolute Gasteiger partial charge is 0.261 e. The summed E-state index contributed by atoms with van der Waals surface area (Å²) in [4.78, 5) is 15.2. The third-order valence-electron chi connectivity index (χ3n) is 5.21. The predicted octanol–water partition coefficient (Wildman–Crippen LogP) is 4.87. The molecule has 25 heavy (non-hydrogen) atoms. The highest BCUT2D eigenvalue weighted by atomic mass is 16.5. The van der Waals surface area contributed by atoms with Gasteiger partial charge in [0.1, 0.15) is 5.76 Å². The highest BCUT2D eigenvalue weighted by molar-refractivity contribution is 6.20. The van der Waals surface area contributed by atoms with Crippen LogP contribution in [0, 0.1) is 6.92 Å². The van der Waals surface area contributed by atoms with Crippen molar-refractivity contribution in [2.75, 3.05) is 6.73 Å². The van der Waals surface area contributed by atoms with Gasteiger partial charge in [0, 0.05) is 0 Å². The van der Waals surface area contributed by atoms with Gasteiger partial charge in [-0.25, -0.2) is 0 Å². The second-order valence-corrected chi connectivity index (χ2v) is 6.80. The summed E-state index contributed by atoms with van der Waals surface area (Å²) in [6, 6.07) is 18.1. The molecule has 0 spiro atoms. The molecule has 1 atom stereocenters. The molecule has 1 unspecified atom stereocenters. The zero-order valence-corrected chi connectivity index (χ0v) is 15.4. The summed E-state index contributed by atoms with van der Waals surface area (Å²) < 4.78 is 5.91. The fraction of sp³-hybridized carbons (Fsp3) is 0.318. The quantitative estimate of drug-likeness (QED) is 0.798. The van der Waals surface area contributed by atoms with Gasteiger partial charge in [-0.1, -0.05) is 67.1 Å². The zero-order valence-electron chi connectivity index (χ0n) is 15.4. The van der Waals surface area contributed by atoms with E-state index in [1.807, 2.05) is 48.2 Å². The van der Waals surface area contributed by atoms with E-state index in [9.17, 15) is 4.79 Å². The van der Waals surface area contributed by atoms with Gasteiger partial charge in [-0.2, -0.15) is 0 Å². The minimum absolute atomic E-state index is 0.0285. The highest BCUT2D eigenvalue weighted by Gasteiger charge is 2.40. The molecular formula is C22H25NO2. The molecule has 0 saturated heterocycles. The summed E-state index contributed by atoms with van der Waals surface area (Å²) in [5.41, 5.74) is 3.47. The van der Waals surface area contributed by atoms with Crippen molar-refractivity contribution < 1.29 is 9.53 Å². The molecule has 0 radical (unpaired) electrons. The minimum Gasteiger partial charge on any atom is -0.477 e. The van der Waals surface area contributed by atoms with E-state index >= 15 is 0 Å². The van der Waals surface area contributed by atoms with Gasteiger partial charge in [0.05, 0.1) is 11.1 Å². The average Bonchev–Trinajstić information content (AvgIpc) is 2.62. The fourth-order valence-corrected chi connectivity index (χ4v) is 3.41. The standard InChI is InChI=1S/C22H25NO2/c1-5-22(4,19-13-9-10-16(2)14-19)23-15-25-17(3)20(21(23)24)18-11-7-6-8-12-18/h6-14H,5,15H2,1-4H3. The van der Waals surface area contributed by atoms with Gasteiger partial charge < -0.3 is 4.74 Å². The van der Waals surface area contributed by atoms with Crippen molar-refractivity contribution in [3.05, 3.63) is 77.0 Å².